The zero-order valence-corrected chi connectivity index (χ0v) is 14.1. The third kappa shape index (κ3) is 5.19. The highest BCUT2D eigenvalue weighted by Crippen LogP contribution is 2.13. The van der Waals surface area contributed by atoms with Crippen molar-refractivity contribution in [3.8, 4) is 0 Å². The van der Waals surface area contributed by atoms with Gasteiger partial charge in [-0.15, -0.1) is 0 Å². The SMILES string of the molecule is O=C(NCc1ccccc1F)Nc1cccc(COCc2ccco2)c1. The Bertz CT molecular complexity index is 850. The van der Waals surface area contributed by atoms with Crippen molar-refractivity contribution < 1.29 is 18.3 Å². The topological polar surface area (TPSA) is 63.5 Å². The van der Waals surface area contributed by atoms with Gasteiger partial charge in [-0.2, -0.15) is 0 Å². The second-order valence-corrected chi connectivity index (χ2v) is 5.67. The van der Waals surface area contributed by atoms with Crippen molar-refractivity contribution in [3.63, 3.8) is 0 Å². The molecule has 0 unspecified atom stereocenters. The van der Waals surface area contributed by atoms with Gasteiger partial charge in [-0.3, -0.25) is 0 Å². The fourth-order valence-electron chi connectivity index (χ4n) is 2.40. The van der Waals surface area contributed by atoms with E-state index in [2.05, 4.69) is 10.6 Å². The normalized spacial score (nSPS) is 10.5. The molecule has 0 aliphatic carbocycles. The van der Waals surface area contributed by atoms with Gasteiger partial charge in [0.15, 0.2) is 0 Å². The minimum absolute atomic E-state index is 0.116. The number of hydrogen-bond donors (Lipinski definition) is 2. The highest BCUT2D eigenvalue weighted by molar-refractivity contribution is 5.89. The molecule has 0 fully saturated rings. The number of nitrogens with one attached hydrogen (secondary N) is 2. The molecule has 6 heteroatoms. The molecule has 0 radical (unpaired) electrons. The van der Waals surface area contributed by atoms with Crippen LogP contribution in [0.2, 0.25) is 0 Å². The van der Waals surface area contributed by atoms with Crippen molar-refractivity contribution in [1.29, 1.82) is 0 Å². The highest BCUT2D eigenvalue weighted by atomic mass is 19.1. The summed E-state index contributed by atoms with van der Waals surface area (Å²) in [6.45, 7) is 0.894. The van der Waals surface area contributed by atoms with Crippen LogP contribution in [-0.4, -0.2) is 6.03 Å². The molecule has 0 spiro atoms. The van der Waals surface area contributed by atoms with E-state index in [-0.39, 0.29) is 12.4 Å². The first kappa shape index (κ1) is 17.7. The minimum Gasteiger partial charge on any atom is -0.467 e. The van der Waals surface area contributed by atoms with Crippen molar-refractivity contribution in [2.75, 3.05) is 5.32 Å². The monoisotopic (exact) mass is 354 g/mol. The summed E-state index contributed by atoms with van der Waals surface area (Å²) in [5, 5.41) is 5.37. The van der Waals surface area contributed by atoms with Gasteiger partial charge < -0.3 is 19.8 Å². The van der Waals surface area contributed by atoms with Crippen LogP contribution < -0.4 is 10.6 Å². The van der Waals surface area contributed by atoms with Crippen LogP contribution in [0.4, 0.5) is 14.9 Å². The Morgan fingerprint density at radius 2 is 1.92 bits per heavy atom. The van der Waals surface area contributed by atoms with E-state index in [4.69, 9.17) is 9.15 Å². The fraction of sp³-hybridized carbons (Fsp3) is 0.150. The first-order valence-electron chi connectivity index (χ1n) is 8.18. The summed E-state index contributed by atoms with van der Waals surface area (Å²) in [4.78, 5) is 12.0. The largest absolute Gasteiger partial charge is 0.467 e. The molecule has 26 heavy (non-hydrogen) atoms. The third-order valence-corrected chi connectivity index (χ3v) is 3.68. The number of rotatable bonds is 7. The Balaban J connectivity index is 1.48. The number of halogens is 1. The Morgan fingerprint density at radius 3 is 2.73 bits per heavy atom. The van der Waals surface area contributed by atoms with E-state index in [0.29, 0.717) is 24.5 Å². The summed E-state index contributed by atoms with van der Waals surface area (Å²) < 4.78 is 24.3. The van der Waals surface area contributed by atoms with E-state index in [1.807, 2.05) is 30.3 Å². The van der Waals surface area contributed by atoms with Gasteiger partial charge in [-0.1, -0.05) is 30.3 Å². The molecule has 0 aliphatic rings. The van der Waals surface area contributed by atoms with E-state index >= 15 is 0 Å². The third-order valence-electron chi connectivity index (χ3n) is 3.68. The summed E-state index contributed by atoms with van der Waals surface area (Å²) in [6.07, 6.45) is 1.60. The minimum atomic E-state index is -0.401. The first-order chi connectivity index (χ1) is 12.7. The van der Waals surface area contributed by atoms with Gasteiger partial charge >= 0.3 is 6.03 Å². The Morgan fingerprint density at radius 1 is 1.04 bits per heavy atom. The van der Waals surface area contributed by atoms with Crippen molar-refractivity contribution in [2.24, 2.45) is 0 Å². The number of benzene rings is 2. The van der Waals surface area contributed by atoms with Crippen molar-refractivity contribution in [2.45, 2.75) is 19.8 Å². The maximum atomic E-state index is 13.5. The average Bonchev–Trinajstić information content (AvgIpc) is 3.15. The molecule has 0 saturated carbocycles. The van der Waals surface area contributed by atoms with Gasteiger partial charge in [0.1, 0.15) is 18.2 Å². The average molecular weight is 354 g/mol. The number of urea groups is 1. The van der Waals surface area contributed by atoms with Gasteiger partial charge in [0, 0.05) is 17.8 Å². The van der Waals surface area contributed by atoms with Crippen LogP contribution in [0.3, 0.4) is 0 Å². The second-order valence-electron chi connectivity index (χ2n) is 5.67. The maximum absolute atomic E-state index is 13.5. The van der Waals surface area contributed by atoms with E-state index in [1.54, 1.807) is 30.5 Å². The molecule has 134 valence electrons. The quantitative estimate of drug-likeness (QED) is 0.658. The highest BCUT2D eigenvalue weighted by Gasteiger charge is 2.05. The lowest BCUT2D eigenvalue weighted by Crippen LogP contribution is -2.28. The molecular formula is C20H19FN2O3. The van der Waals surface area contributed by atoms with Gasteiger partial charge in [-0.25, -0.2) is 9.18 Å². The number of carbonyl (C=O) groups excluding carboxylic acids is 1. The van der Waals surface area contributed by atoms with Gasteiger partial charge in [0.05, 0.1) is 12.9 Å². The number of amides is 2. The Labute approximate surface area is 150 Å². The summed E-state index contributed by atoms with van der Waals surface area (Å²) in [7, 11) is 0. The summed E-state index contributed by atoms with van der Waals surface area (Å²) in [5.41, 5.74) is 1.99. The number of carbonyl (C=O) groups is 1. The number of hydrogen-bond acceptors (Lipinski definition) is 3. The lowest BCUT2D eigenvalue weighted by atomic mass is 10.2. The molecule has 5 nitrogen and oxygen atoms in total. The standard InChI is InChI=1S/C20H19FN2O3/c21-19-9-2-1-6-16(19)12-22-20(24)23-17-7-3-5-15(11-17)13-25-14-18-8-4-10-26-18/h1-11H,12-14H2,(H2,22,23,24). The number of anilines is 1. The molecule has 2 N–H and O–H groups in total. The Kier molecular flexibility index (Phi) is 6.01. The smallest absolute Gasteiger partial charge is 0.319 e. The molecule has 0 saturated heterocycles. The zero-order valence-electron chi connectivity index (χ0n) is 14.1. The second kappa shape index (κ2) is 8.82. The predicted molar refractivity (Wildman–Crippen MR) is 95.9 cm³/mol. The molecule has 0 bridgehead atoms. The molecule has 1 heterocycles. The fourth-order valence-corrected chi connectivity index (χ4v) is 2.40. The number of furan rings is 1. The first-order valence-corrected chi connectivity index (χ1v) is 8.18. The lowest BCUT2D eigenvalue weighted by Gasteiger charge is -2.10. The molecule has 2 amide bonds. The van der Waals surface area contributed by atoms with E-state index in [9.17, 15) is 9.18 Å². The van der Waals surface area contributed by atoms with Gasteiger partial charge in [-0.05, 0) is 35.9 Å². The van der Waals surface area contributed by atoms with Crippen LogP contribution in [0, 0.1) is 5.82 Å². The van der Waals surface area contributed by atoms with E-state index in [0.717, 1.165) is 11.3 Å². The molecule has 1 aromatic heterocycles. The van der Waals surface area contributed by atoms with Crippen LogP contribution in [0.15, 0.2) is 71.3 Å². The summed E-state index contributed by atoms with van der Waals surface area (Å²) in [6, 6.07) is 16.9. The number of ether oxygens (including phenoxy) is 1. The predicted octanol–water partition coefficient (Wildman–Crippen LogP) is 4.46. The van der Waals surface area contributed by atoms with Crippen LogP contribution in [0.5, 0.6) is 0 Å². The van der Waals surface area contributed by atoms with Crippen molar-refractivity contribution in [3.05, 3.63) is 89.6 Å². The van der Waals surface area contributed by atoms with Crippen LogP contribution in [-0.2, 0) is 24.5 Å². The van der Waals surface area contributed by atoms with E-state index in [1.165, 1.54) is 6.07 Å². The molecule has 3 aromatic rings. The lowest BCUT2D eigenvalue weighted by molar-refractivity contribution is 0.0930. The van der Waals surface area contributed by atoms with E-state index < -0.39 is 6.03 Å². The molecule has 2 aromatic carbocycles. The molecule has 0 aliphatic heterocycles. The molecule has 0 atom stereocenters. The molecule has 3 rings (SSSR count). The maximum Gasteiger partial charge on any atom is 0.319 e. The van der Waals surface area contributed by atoms with Crippen molar-refractivity contribution >= 4 is 11.7 Å². The summed E-state index contributed by atoms with van der Waals surface area (Å²) in [5.74, 6) is 0.412. The summed E-state index contributed by atoms with van der Waals surface area (Å²) >= 11 is 0. The van der Waals surface area contributed by atoms with Crippen LogP contribution in [0.1, 0.15) is 16.9 Å². The van der Waals surface area contributed by atoms with Crippen LogP contribution in [0.25, 0.3) is 0 Å². The van der Waals surface area contributed by atoms with Crippen LogP contribution >= 0.6 is 0 Å². The molecular weight excluding hydrogens is 335 g/mol. The zero-order chi connectivity index (χ0) is 18.2. The van der Waals surface area contributed by atoms with Gasteiger partial charge in [0.25, 0.3) is 0 Å². The van der Waals surface area contributed by atoms with Gasteiger partial charge in [0.2, 0.25) is 0 Å². The van der Waals surface area contributed by atoms with Crippen molar-refractivity contribution in [1.82, 2.24) is 5.32 Å². The Hall–Kier alpha value is -3.12.